The number of benzene rings is 2. The molecule has 0 saturated carbocycles. The first kappa shape index (κ1) is 24.8. The Morgan fingerprint density at radius 3 is 2.34 bits per heavy atom. The molecule has 2 aromatic rings. The molecule has 0 bridgehead atoms. The van der Waals surface area contributed by atoms with Crippen LogP contribution in [0, 0.1) is 5.82 Å². The zero-order chi connectivity index (χ0) is 23.2. The van der Waals surface area contributed by atoms with E-state index in [1.165, 1.54) is 19.2 Å². The van der Waals surface area contributed by atoms with Crippen molar-refractivity contribution >= 4 is 18.0 Å². The van der Waals surface area contributed by atoms with Crippen molar-refractivity contribution in [2.75, 3.05) is 13.7 Å². The summed E-state index contributed by atoms with van der Waals surface area (Å²) in [7, 11) is 1.25. The van der Waals surface area contributed by atoms with E-state index in [1.54, 1.807) is 12.1 Å². The molecule has 2 aromatic carbocycles. The van der Waals surface area contributed by atoms with E-state index in [-0.39, 0.29) is 31.2 Å². The van der Waals surface area contributed by atoms with Crippen molar-refractivity contribution in [2.45, 2.75) is 44.8 Å². The van der Waals surface area contributed by atoms with Crippen LogP contribution in [0.5, 0.6) is 0 Å². The third-order valence-electron chi connectivity index (χ3n) is 4.74. The van der Waals surface area contributed by atoms with E-state index in [0.717, 1.165) is 12.0 Å². The van der Waals surface area contributed by atoms with Crippen LogP contribution in [0.3, 0.4) is 0 Å². The SMILES string of the molecule is COC(=O)[C@@H](Cc1ccc(F)cc1)NC(=O)CCCCCNC(=O)OCc1ccccc1. The topological polar surface area (TPSA) is 93.7 Å². The molecular weight excluding hydrogens is 415 g/mol. The van der Waals surface area contributed by atoms with Crippen molar-refractivity contribution in [3.8, 4) is 0 Å². The van der Waals surface area contributed by atoms with Crippen molar-refractivity contribution in [2.24, 2.45) is 0 Å². The van der Waals surface area contributed by atoms with E-state index >= 15 is 0 Å². The number of unbranched alkanes of at least 4 members (excludes halogenated alkanes) is 2. The molecule has 2 N–H and O–H groups in total. The Labute approximate surface area is 187 Å². The van der Waals surface area contributed by atoms with E-state index < -0.39 is 18.1 Å². The minimum Gasteiger partial charge on any atom is -0.467 e. The van der Waals surface area contributed by atoms with Gasteiger partial charge in [-0.3, -0.25) is 4.79 Å². The predicted octanol–water partition coefficient (Wildman–Crippen LogP) is 3.51. The van der Waals surface area contributed by atoms with E-state index in [0.29, 0.717) is 24.9 Å². The van der Waals surface area contributed by atoms with Gasteiger partial charge in [0.2, 0.25) is 5.91 Å². The van der Waals surface area contributed by atoms with Gasteiger partial charge in [0.15, 0.2) is 0 Å². The Hall–Kier alpha value is -3.42. The van der Waals surface area contributed by atoms with Crippen LogP contribution in [0.25, 0.3) is 0 Å². The summed E-state index contributed by atoms with van der Waals surface area (Å²) >= 11 is 0. The summed E-state index contributed by atoms with van der Waals surface area (Å²) in [5, 5.41) is 5.35. The highest BCUT2D eigenvalue weighted by Gasteiger charge is 2.21. The average molecular weight is 445 g/mol. The predicted molar refractivity (Wildman–Crippen MR) is 117 cm³/mol. The smallest absolute Gasteiger partial charge is 0.407 e. The summed E-state index contributed by atoms with van der Waals surface area (Å²) in [6.07, 6.45) is 2.02. The van der Waals surface area contributed by atoms with Crippen LogP contribution in [0.4, 0.5) is 9.18 Å². The number of carbonyl (C=O) groups is 3. The summed E-state index contributed by atoms with van der Waals surface area (Å²) in [6.45, 7) is 0.663. The number of halogens is 1. The highest BCUT2D eigenvalue weighted by molar-refractivity contribution is 5.84. The molecule has 0 radical (unpaired) electrons. The van der Waals surface area contributed by atoms with Gasteiger partial charge in [-0.2, -0.15) is 0 Å². The molecule has 0 saturated heterocycles. The number of carbonyl (C=O) groups excluding carboxylic acids is 3. The first-order valence-electron chi connectivity index (χ1n) is 10.5. The van der Waals surface area contributed by atoms with Gasteiger partial charge in [0.25, 0.3) is 0 Å². The molecule has 1 atom stereocenters. The minimum atomic E-state index is -0.834. The Morgan fingerprint density at radius 2 is 1.66 bits per heavy atom. The van der Waals surface area contributed by atoms with Crippen molar-refractivity contribution in [1.82, 2.24) is 10.6 Å². The molecule has 0 spiro atoms. The van der Waals surface area contributed by atoms with Crippen LogP contribution in [0.1, 0.15) is 36.8 Å². The van der Waals surface area contributed by atoms with Crippen molar-refractivity contribution in [1.29, 1.82) is 0 Å². The summed E-state index contributed by atoms with van der Waals surface area (Å²) in [5.41, 5.74) is 1.63. The lowest BCUT2D eigenvalue weighted by molar-refractivity contribution is -0.145. The van der Waals surface area contributed by atoms with Crippen LogP contribution in [0.15, 0.2) is 54.6 Å². The van der Waals surface area contributed by atoms with E-state index in [9.17, 15) is 18.8 Å². The van der Waals surface area contributed by atoms with E-state index in [4.69, 9.17) is 9.47 Å². The summed E-state index contributed by atoms with van der Waals surface area (Å²) in [5.74, 6) is -1.19. The molecular formula is C24H29FN2O5. The Balaban J connectivity index is 1.61. The second-order valence-electron chi connectivity index (χ2n) is 7.27. The number of hydrogen-bond donors (Lipinski definition) is 2. The van der Waals surface area contributed by atoms with Gasteiger partial charge in [0.1, 0.15) is 18.5 Å². The minimum absolute atomic E-state index is 0.214. The number of amides is 2. The van der Waals surface area contributed by atoms with Gasteiger partial charge in [0, 0.05) is 19.4 Å². The maximum Gasteiger partial charge on any atom is 0.407 e. The second-order valence-corrected chi connectivity index (χ2v) is 7.27. The first-order valence-corrected chi connectivity index (χ1v) is 10.5. The molecule has 2 rings (SSSR count). The zero-order valence-corrected chi connectivity index (χ0v) is 18.1. The normalized spacial score (nSPS) is 11.3. The standard InChI is InChI=1S/C24H29FN2O5/c1-31-23(29)21(16-18-11-13-20(25)14-12-18)27-22(28)10-6-3-7-15-26-24(30)32-17-19-8-4-2-5-9-19/h2,4-5,8-9,11-14,21H,3,6-7,10,15-17H2,1H3,(H,26,30)(H,27,28)/t21-/m1/s1. The third kappa shape index (κ3) is 9.59. The Kier molecular flexibility index (Phi) is 10.7. The fraction of sp³-hybridized carbons (Fsp3) is 0.375. The maximum absolute atomic E-state index is 13.0. The molecule has 172 valence electrons. The lowest BCUT2D eigenvalue weighted by atomic mass is 10.1. The average Bonchev–Trinajstić information content (AvgIpc) is 2.81. The molecule has 0 aliphatic rings. The lowest BCUT2D eigenvalue weighted by Crippen LogP contribution is -2.43. The van der Waals surface area contributed by atoms with Crippen LogP contribution in [-0.2, 0) is 32.1 Å². The van der Waals surface area contributed by atoms with Gasteiger partial charge in [-0.05, 0) is 36.1 Å². The first-order chi connectivity index (χ1) is 15.5. The molecule has 0 heterocycles. The quantitative estimate of drug-likeness (QED) is 0.386. The highest BCUT2D eigenvalue weighted by atomic mass is 19.1. The Morgan fingerprint density at radius 1 is 0.938 bits per heavy atom. The Bertz CT molecular complexity index is 858. The molecule has 32 heavy (non-hydrogen) atoms. The van der Waals surface area contributed by atoms with Gasteiger partial charge in [0.05, 0.1) is 7.11 Å². The van der Waals surface area contributed by atoms with Crippen molar-refractivity contribution in [3.05, 3.63) is 71.5 Å². The van der Waals surface area contributed by atoms with E-state index in [2.05, 4.69) is 10.6 Å². The number of nitrogens with one attached hydrogen (secondary N) is 2. The summed E-state index contributed by atoms with van der Waals surface area (Å²) in [6, 6.07) is 14.3. The molecule has 0 aromatic heterocycles. The number of alkyl carbamates (subject to hydrolysis) is 1. The van der Waals surface area contributed by atoms with Gasteiger partial charge in [-0.25, -0.2) is 14.0 Å². The highest BCUT2D eigenvalue weighted by Crippen LogP contribution is 2.08. The lowest BCUT2D eigenvalue weighted by Gasteiger charge is -2.16. The van der Waals surface area contributed by atoms with Crippen molar-refractivity contribution in [3.63, 3.8) is 0 Å². The molecule has 0 aliphatic carbocycles. The van der Waals surface area contributed by atoms with Crippen LogP contribution < -0.4 is 10.6 Å². The molecule has 2 amide bonds. The van der Waals surface area contributed by atoms with Crippen LogP contribution in [0.2, 0.25) is 0 Å². The maximum atomic E-state index is 13.0. The third-order valence-corrected chi connectivity index (χ3v) is 4.74. The van der Waals surface area contributed by atoms with Gasteiger partial charge in [-0.1, -0.05) is 48.9 Å². The second kappa shape index (κ2) is 13.8. The molecule has 0 fully saturated rings. The number of rotatable bonds is 12. The van der Waals surface area contributed by atoms with Gasteiger partial charge >= 0.3 is 12.1 Å². The number of ether oxygens (including phenoxy) is 2. The number of esters is 1. The van der Waals surface area contributed by atoms with Crippen LogP contribution in [-0.4, -0.2) is 37.7 Å². The molecule has 7 nitrogen and oxygen atoms in total. The molecule has 8 heteroatoms. The van der Waals surface area contributed by atoms with Crippen LogP contribution >= 0.6 is 0 Å². The fourth-order valence-electron chi connectivity index (χ4n) is 3.01. The van der Waals surface area contributed by atoms with Crippen molar-refractivity contribution < 1.29 is 28.2 Å². The number of methoxy groups -OCH3 is 1. The molecule has 0 unspecified atom stereocenters. The van der Waals surface area contributed by atoms with Gasteiger partial charge < -0.3 is 20.1 Å². The zero-order valence-electron chi connectivity index (χ0n) is 18.1. The summed E-state index contributed by atoms with van der Waals surface area (Å²) < 4.78 is 22.9. The fourth-order valence-corrected chi connectivity index (χ4v) is 3.01. The number of hydrogen-bond acceptors (Lipinski definition) is 5. The molecule has 0 aliphatic heterocycles. The van der Waals surface area contributed by atoms with Gasteiger partial charge in [-0.15, -0.1) is 0 Å². The largest absolute Gasteiger partial charge is 0.467 e. The monoisotopic (exact) mass is 444 g/mol. The summed E-state index contributed by atoms with van der Waals surface area (Å²) in [4.78, 5) is 35.9. The van der Waals surface area contributed by atoms with E-state index in [1.807, 2.05) is 30.3 Å².